The molecule has 1 aliphatic heterocycles. The highest BCUT2D eigenvalue weighted by Crippen LogP contribution is 2.16. The highest BCUT2D eigenvalue weighted by atomic mass is 16.3. The Morgan fingerprint density at radius 2 is 1.34 bits per heavy atom. The van der Waals surface area contributed by atoms with Crippen LogP contribution in [0.2, 0.25) is 0 Å². The number of β-amino-alcohol motifs (C(OH)–C–C–N with tert-alkyl or cyclic N) is 1. The number of hydrogen-bond donors (Lipinski definition) is 4. The van der Waals surface area contributed by atoms with Crippen LogP contribution >= 0.6 is 0 Å². The molecule has 242 valence electrons. The van der Waals surface area contributed by atoms with Gasteiger partial charge in [0.25, 0.3) is 0 Å². The van der Waals surface area contributed by atoms with Crippen molar-refractivity contribution in [2.45, 2.75) is 136 Å². The number of unbranched alkanes of at least 4 members (excludes halogenated alkanes) is 8. The van der Waals surface area contributed by atoms with Gasteiger partial charge in [0.2, 0.25) is 0 Å². The Kier molecular flexibility index (Phi) is 25.0. The molecule has 0 amide bonds. The number of rotatable bonds is 19. The van der Waals surface area contributed by atoms with Crippen LogP contribution in [0.3, 0.4) is 0 Å². The third-order valence-electron chi connectivity index (χ3n) is 8.47. The van der Waals surface area contributed by atoms with E-state index in [1.54, 1.807) is 0 Å². The summed E-state index contributed by atoms with van der Waals surface area (Å²) < 4.78 is 0. The van der Waals surface area contributed by atoms with Gasteiger partial charge < -0.3 is 20.8 Å². The van der Waals surface area contributed by atoms with Crippen molar-refractivity contribution >= 4 is 0 Å². The van der Waals surface area contributed by atoms with Crippen LogP contribution in [0.5, 0.6) is 0 Å². The van der Waals surface area contributed by atoms with Crippen molar-refractivity contribution in [2.24, 2.45) is 0 Å². The van der Waals surface area contributed by atoms with Gasteiger partial charge in [-0.25, -0.2) is 0 Å². The van der Waals surface area contributed by atoms with E-state index in [2.05, 4.69) is 53.9 Å². The first-order chi connectivity index (χ1) is 20.0. The summed E-state index contributed by atoms with van der Waals surface area (Å²) in [5, 5.41) is 28.3. The van der Waals surface area contributed by atoms with Crippen molar-refractivity contribution in [3.8, 4) is 0 Å². The Hall–Kier alpha value is -0.760. The minimum atomic E-state index is -0.329. The number of aliphatic hydroxyl groups is 2. The average molecular weight is 579 g/mol. The Bertz CT molecular complexity index is 642. The third kappa shape index (κ3) is 21.6. The van der Waals surface area contributed by atoms with E-state index in [0.29, 0.717) is 0 Å². The third-order valence-corrected chi connectivity index (χ3v) is 8.47. The molecular formula is C35H70N4O2. The van der Waals surface area contributed by atoms with Gasteiger partial charge in [0, 0.05) is 32.7 Å². The molecule has 0 aromatic carbocycles. The Morgan fingerprint density at radius 3 is 1.95 bits per heavy atom. The Balaban J connectivity index is 2.49. The molecule has 6 nitrogen and oxygen atoms in total. The number of hydrogen-bond acceptors (Lipinski definition) is 6. The largest absolute Gasteiger partial charge is 0.394 e. The van der Waals surface area contributed by atoms with E-state index in [4.69, 9.17) is 0 Å². The highest BCUT2D eigenvalue weighted by molar-refractivity contribution is 5.05. The minimum Gasteiger partial charge on any atom is -0.394 e. The number of nitrogens with zero attached hydrogens (tertiary/aromatic N) is 2. The quantitative estimate of drug-likeness (QED) is 0.107. The van der Waals surface area contributed by atoms with Gasteiger partial charge in [-0.1, -0.05) is 89.0 Å². The molecule has 2 unspecified atom stereocenters. The number of aliphatic hydroxyl groups excluding tert-OH is 2. The molecule has 0 aromatic rings. The highest BCUT2D eigenvalue weighted by Gasteiger charge is 2.16. The summed E-state index contributed by atoms with van der Waals surface area (Å²) in [6, 6.07) is 0.115. The average Bonchev–Trinajstić information content (AvgIpc) is 2.96. The lowest BCUT2D eigenvalue weighted by Crippen LogP contribution is -2.40. The van der Waals surface area contributed by atoms with Crippen molar-refractivity contribution in [3.05, 3.63) is 23.8 Å². The van der Waals surface area contributed by atoms with Crippen LogP contribution in [-0.2, 0) is 0 Å². The van der Waals surface area contributed by atoms with Crippen molar-refractivity contribution in [1.82, 2.24) is 20.4 Å². The molecule has 0 bridgehead atoms. The molecule has 2 atom stereocenters. The zero-order chi connectivity index (χ0) is 30.0. The van der Waals surface area contributed by atoms with Crippen molar-refractivity contribution in [2.75, 3.05) is 65.5 Å². The second-order valence-corrected chi connectivity index (χ2v) is 12.6. The van der Waals surface area contributed by atoms with E-state index in [0.717, 1.165) is 97.4 Å². The van der Waals surface area contributed by atoms with Gasteiger partial charge in [0.05, 0.1) is 18.8 Å². The van der Waals surface area contributed by atoms with E-state index in [9.17, 15) is 10.2 Å². The maximum absolute atomic E-state index is 10.8. The lowest BCUT2D eigenvalue weighted by atomic mass is 10.0. The van der Waals surface area contributed by atoms with Crippen LogP contribution in [0, 0.1) is 0 Å². The summed E-state index contributed by atoms with van der Waals surface area (Å²) in [7, 11) is 0. The molecule has 0 aromatic heterocycles. The summed E-state index contributed by atoms with van der Waals surface area (Å²) in [4.78, 5) is 4.92. The van der Waals surface area contributed by atoms with E-state index in [-0.39, 0.29) is 18.8 Å². The molecule has 6 heteroatoms. The van der Waals surface area contributed by atoms with Crippen LogP contribution in [0.4, 0.5) is 0 Å². The molecule has 4 N–H and O–H groups in total. The van der Waals surface area contributed by atoms with Crippen LogP contribution in [0.15, 0.2) is 23.8 Å². The van der Waals surface area contributed by atoms with Gasteiger partial charge in [-0.15, -0.1) is 0 Å². The van der Waals surface area contributed by atoms with Crippen LogP contribution in [-0.4, -0.2) is 97.7 Å². The van der Waals surface area contributed by atoms with Crippen molar-refractivity contribution < 1.29 is 10.2 Å². The maximum atomic E-state index is 10.8. The van der Waals surface area contributed by atoms with Crippen LogP contribution in [0.1, 0.15) is 124 Å². The lowest BCUT2D eigenvalue weighted by Gasteiger charge is -2.29. The summed E-state index contributed by atoms with van der Waals surface area (Å²) in [6.07, 6.45) is 21.1. The molecule has 1 fully saturated rings. The predicted molar refractivity (Wildman–Crippen MR) is 179 cm³/mol. The molecule has 41 heavy (non-hydrogen) atoms. The summed E-state index contributed by atoms with van der Waals surface area (Å²) in [6.45, 7) is 19.9. The molecule has 1 saturated heterocycles. The monoisotopic (exact) mass is 579 g/mol. The van der Waals surface area contributed by atoms with Crippen molar-refractivity contribution in [1.29, 1.82) is 0 Å². The molecule has 0 aliphatic carbocycles. The molecule has 1 rings (SSSR count). The lowest BCUT2D eigenvalue weighted by molar-refractivity contribution is 0.111. The second kappa shape index (κ2) is 26.8. The van der Waals surface area contributed by atoms with E-state index >= 15 is 0 Å². The first kappa shape index (κ1) is 38.3. The summed E-state index contributed by atoms with van der Waals surface area (Å²) >= 11 is 0. The Morgan fingerprint density at radius 1 is 0.780 bits per heavy atom. The maximum Gasteiger partial charge on any atom is 0.0704 e. The summed E-state index contributed by atoms with van der Waals surface area (Å²) in [5.41, 5.74) is 2.63. The SMILES string of the molecule is C=C(CCCCCCC)CC(O)CN1CCCNCCCN(C(/C=C(/C)CCCCCCC)CO)CCCNCC1. The van der Waals surface area contributed by atoms with E-state index in [1.807, 2.05) is 0 Å². The molecule has 0 saturated carbocycles. The zero-order valence-electron chi connectivity index (χ0n) is 27.6. The zero-order valence-corrected chi connectivity index (χ0v) is 27.6. The number of nitrogens with one attached hydrogen (secondary N) is 2. The summed E-state index contributed by atoms with van der Waals surface area (Å²) in [5.74, 6) is 0. The molecule has 0 radical (unpaired) electrons. The molecule has 1 aliphatic rings. The fourth-order valence-electron chi connectivity index (χ4n) is 5.94. The van der Waals surface area contributed by atoms with Crippen LogP contribution < -0.4 is 10.6 Å². The first-order valence-corrected chi connectivity index (χ1v) is 17.5. The van der Waals surface area contributed by atoms with E-state index in [1.165, 1.54) is 75.4 Å². The van der Waals surface area contributed by atoms with E-state index < -0.39 is 0 Å². The fraction of sp³-hybridized carbons (Fsp3) is 0.886. The smallest absolute Gasteiger partial charge is 0.0704 e. The Labute approximate surface area is 255 Å². The molecular weight excluding hydrogens is 508 g/mol. The topological polar surface area (TPSA) is 71.0 Å². The first-order valence-electron chi connectivity index (χ1n) is 17.5. The predicted octanol–water partition coefficient (Wildman–Crippen LogP) is 6.29. The van der Waals surface area contributed by atoms with Gasteiger partial charge in [-0.3, -0.25) is 9.80 Å². The van der Waals surface area contributed by atoms with Crippen molar-refractivity contribution in [3.63, 3.8) is 0 Å². The molecule has 0 spiro atoms. The van der Waals surface area contributed by atoms with Gasteiger partial charge in [-0.05, 0) is 84.5 Å². The molecule has 1 heterocycles. The minimum absolute atomic E-state index is 0.115. The van der Waals surface area contributed by atoms with Gasteiger partial charge in [0.15, 0.2) is 0 Å². The van der Waals surface area contributed by atoms with Gasteiger partial charge in [-0.2, -0.15) is 0 Å². The van der Waals surface area contributed by atoms with Gasteiger partial charge in [0.1, 0.15) is 0 Å². The van der Waals surface area contributed by atoms with Gasteiger partial charge >= 0.3 is 0 Å². The number of allylic oxidation sites excluding steroid dienone is 1. The normalized spacial score (nSPS) is 19.4. The second-order valence-electron chi connectivity index (χ2n) is 12.6. The van der Waals surface area contributed by atoms with Crippen LogP contribution in [0.25, 0.3) is 0 Å². The standard InChI is InChI=1S/C35H70N4O2/c1-5-7-9-11-13-18-32(3)28-34(31-40)39-25-16-21-36-20-15-24-38(27-23-37-22-17-26-39)30-35(41)29-33(4)19-14-12-10-8-6-2/h28,34-37,40-41H,4-27,29-31H2,1-3H3/b32-28-. The fourth-order valence-corrected chi connectivity index (χ4v) is 5.94.